The van der Waals surface area contributed by atoms with Gasteiger partial charge in [-0.3, -0.25) is 9.59 Å². The zero-order chi connectivity index (χ0) is 14.0. The van der Waals surface area contributed by atoms with Crippen LogP contribution in [0.3, 0.4) is 0 Å². The quantitative estimate of drug-likeness (QED) is 0.486. The van der Waals surface area contributed by atoms with Crippen molar-refractivity contribution in [2.45, 2.75) is 45.6 Å². The molecule has 0 rings (SSSR count). The summed E-state index contributed by atoms with van der Waals surface area (Å²) >= 11 is 0. The van der Waals surface area contributed by atoms with Gasteiger partial charge in [0.05, 0.1) is 7.11 Å². The lowest BCUT2D eigenvalue weighted by Gasteiger charge is -2.11. The Labute approximate surface area is 107 Å². The van der Waals surface area contributed by atoms with E-state index in [1.54, 1.807) is 6.92 Å². The van der Waals surface area contributed by atoms with Crippen LogP contribution >= 0.6 is 0 Å². The highest BCUT2D eigenvalue weighted by molar-refractivity contribution is 5.83. The number of carbonyl (C=O) groups is 3. The molecular weight excluding hydrogens is 236 g/mol. The first kappa shape index (κ1) is 16.4. The lowest BCUT2D eigenvalue weighted by Crippen LogP contribution is -2.39. The number of amides is 2. The number of methoxy groups -OCH3 is 1. The maximum Gasteiger partial charge on any atom is 0.328 e. The third-order valence-electron chi connectivity index (χ3n) is 2.39. The van der Waals surface area contributed by atoms with E-state index in [0.29, 0.717) is 13.0 Å². The van der Waals surface area contributed by atoms with Gasteiger partial charge < -0.3 is 15.4 Å². The summed E-state index contributed by atoms with van der Waals surface area (Å²) in [4.78, 5) is 33.1. The number of nitrogens with one attached hydrogen (secondary N) is 2. The highest BCUT2D eigenvalue weighted by Crippen LogP contribution is 1.99. The summed E-state index contributed by atoms with van der Waals surface area (Å²) in [6.07, 6.45) is 2.82. The standard InChI is InChI=1S/C12H22N2O4/c1-9(12(17)18-3)14-11(16)7-5-4-6-8-13-10(2)15/h9H,4-8H2,1-3H3,(H,13,15)(H,14,16). The van der Waals surface area contributed by atoms with E-state index in [1.807, 2.05) is 0 Å². The van der Waals surface area contributed by atoms with Gasteiger partial charge in [-0.1, -0.05) is 6.42 Å². The van der Waals surface area contributed by atoms with Crippen molar-refractivity contribution in [1.29, 1.82) is 0 Å². The van der Waals surface area contributed by atoms with E-state index in [1.165, 1.54) is 14.0 Å². The van der Waals surface area contributed by atoms with Crippen LogP contribution in [0.1, 0.15) is 39.5 Å². The van der Waals surface area contributed by atoms with Crippen LogP contribution in [-0.2, 0) is 19.1 Å². The van der Waals surface area contributed by atoms with Gasteiger partial charge in [0, 0.05) is 19.9 Å². The van der Waals surface area contributed by atoms with Crippen molar-refractivity contribution in [3.05, 3.63) is 0 Å². The van der Waals surface area contributed by atoms with E-state index in [0.717, 1.165) is 19.3 Å². The van der Waals surface area contributed by atoms with Gasteiger partial charge in [-0.2, -0.15) is 0 Å². The molecule has 6 heteroatoms. The first-order valence-electron chi connectivity index (χ1n) is 6.09. The van der Waals surface area contributed by atoms with Gasteiger partial charge in [-0.25, -0.2) is 4.79 Å². The molecule has 0 radical (unpaired) electrons. The van der Waals surface area contributed by atoms with Gasteiger partial charge in [0.2, 0.25) is 11.8 Å². The molecule has 0 heterocycles. The summed E-state index contributed by atoms with van der Waals surface area (Å²) in [6, 6.07) is -0.609. The second-order valence-corrected chi connectivity index (χ2v) is 4.11. The summed E-state index contributed by atoms with van der Waals surface area (Å²) in [5.74, 6) is -0.652. The molecule has 0 aliphatic carbocycles. The Morgan fingerprint density at radius 1 is 1.17 bits per heavy atom. The van der Waals surface area contributed by atoms with E-state index in [4.69, 9.17) is 0 Å². The largest absolute Gasteiger partial charge is 0.467 e. The Morgan fingerprint density at radius 2 is 1.83 bits per heavy atom. The van der Waals surface area contributed by atoms with Crippen molar-refractivity contribution in [3.8, 4) is 0 Å². The third kappa shape index (κ3) is 8.55. The van der Waals surface area contributed by atoms with Crippen molar-refractivity contribution >= 4 is 17.8 Å². The van der Waals surface area contributed by atoms with Crippen LogP contribution in [-0.4, -0.2) is 37.5 Å². The van der Waals surface area contributed by atoms with Crippen molar-refractivity contribution in [3.63, 3.8) is 0 Å². The summed E-state index contributed by atoms with van der Waals surface area (Å²) in [6.45, 7) is 3.69. The lowest BCUT2D eigenvalue weighted by atomic mass is 10.2. The highest BCUT2D eigenvalue weighted by Gasteiger charge is 2.14. The number of hydrogen-bond donors (Lipinski definition) is 2. The van der Waals surface area contributed by atoms with Crippen LogP contribution in [0.25, 0.3) is 0 Å². The molecule has 1 atom stereocenters. The van der Waals surface area contributed by atoms with Crippen LogP contribution in [0.2, 0.25) is 0 Å². The van der Waals surface area contributed by atoms with E-state index in [-0.39, 0.29) is 11.8 Å². The van der Waals surface area contributed by atoms with Crippen LogP contribution in [0.4, 0.5) is 0 Å². The maximum atomic E-state index is 11.4. The smallest absolute Gasteiger partial charge is 0.328 e. The minimum Gasteiger partial charge on any atom is -0.467 e. The Hall–Kier alpha value is -1.59. The Bertz CT molecular complexity index is 292. The van der Waals surface area contributed by atoms with Crippen LogP contribution in [0, 0.1) is 0 Å². The first-order valence-corrected chi connectivity index (χ1v) is 6.09. The van der Waals surface area contributed by atoms with E-state index in [2.05, 4.69) is 15.4 Å². The summed E-state index contributed by atoms with van der Waals surface area (Å²) in [5, 5.41) is 5.24. The molecule has 0 bridgehead atoms. The second kappa shape index (κ2) is 9.44. The van der Waals surface area contributed by atoms with Crippen LogP contribution in [0.5, 0.6) is 0 Å². The molecule has 0 spiro atoms. The molecule has 0 fully saturated rings. The van der Waals surface area contributed by atoms with E-state index < -0.39 is 12.0 Å². The molecule has 0 aromatic heterocycles. The van der Waals surface area contributed by atoms with Gasteiger partial charge in [0.15, 0.2) is 0 Å². The van der Waals surface area contributed by atoms with Crippen LogP contribution < -0.4 is 10.6 Å². The van der Waals surface area contributed by atoms with E-state index in [9.17, 15) is 14.4 Å². The molecule has 2 amide bonds. The van der Waals surface area contributed by atoms with Gasteiger partial charge in [-0.15, -0.1) is 0 Å². The highest BCUT2D eigenvalue weighted by atomic mass is 16.5. The maximum absolute atomic E-state index is 11.4. The molecule has 1 unspecified atom stereocenters. The molecular formula is C12H22N2O4. The zero-order valence-corrected chi connectivity index (χ0v) is 11.2. The molecule has 0 aromatic carbocycles. The van der Waals surface area contributed by atoms with Crippen LogP contribution in [0.15, 0.2) is 0 Å². The average molecular weight is 258 g/mol. The van der Waals surface area contributed by atoms with Gasteiger partial charge in [-0.05, 0) is 19.8 Å². The number of hydrogen-bond acceptors (Lipinski definition) is 4. The minimum absolute atomic E-state index is 0.0420. The van der Waals surface area contributed by atoms with E-state index >= 15 is 0 Å². The monoisotopic (exact) mass is 258 g/mol. The molecule has 0 saturated heterocycles. The average Bonchev–Trinajstić information content (AvgIpc) is 2.31. The fourth-order valence-electron chi connectivity index (χ4n) is 1.40. The topological polar surface area (TPSA) is 84.5 Å². The molecule has 0 aliphatic rings. The summed E-state index contributed by atoms with van der Waals surface area (Å²) < 4.78 is 4.50. The molecule has 0 saturated carbocycles. The SMILES string of the molecule is COC(=O)C(C)NC(=O)CCCCCNC(C)=O. The Balaban J connectivity index is 3.53. The molecule has 104 valence electrons. The molecule has 18 heavy (non-hydrogen) atoms. The van der Waals surface area contributed by atoms with Crippen molar-refractivity contribution in [2.24, 2.45) is 0 Å². The van der Waals surface area contributed by atoms with Gasteiger partial charge in [0.25, 0.3) is 0 Å². The Kier molecular flexibility index (Phi) is 8.61. The Morgan fingerprint density at radius 3 is 2.39 bits per heavy atom. The third-order valence-corrected chi connectivity index (χ3v) is 2.39. The molecule has 2 N–H and O–H groups in total. The number of ether oxygens (including phenoxy) is 1. The number of unbranched alkanes of at least 4 members (excludes halogenated alkanes) is 2. The molecule has 0 aliphatic heterocycles. The minimum atomic E-state index is -0.609. The lowest BCUT2D eigenvalue weighted by molar-refractivity contribution is -0.144. The van der Waals surface area contributed by atoms with Crippen molar-refractivity contribution in [2.75, 3.05) is 13.7 Å². The van der Waals surface area contributed by atoms with Crippen molar-refractivity contribution in [1.82, 2.24) is 10.6 Å². The van der Waals surface area contributed by atoms with Gasteiger partial charge in [0.1, 0.15) is 6.04 Å². The number of rotatable bonds is 8. The number of esters is 1. The second-order valence-electron chi connectivity index (χ2n) is 4.11. The summed E-state index contributed by atoms with van der Waals surface area (Å²) in [5.41, 5.74) is 0. The fourth-order valence-corrected chi connectivity index (χ4v) is 1.40. The first-order chi connectivity index (χ1) is 8.47. The normalized spacial score (nSPS) is 11.5. The molecule has 6 nitrogen and oxygen atoms in total. The fraction of sp³-hybridized carbons (Fsp3) is 0.750. The zero-order valence-electron chi connectivity index (χ0n) is 11.2. The van der Waals surface area contributed by atoms with Crippen molar-refractivity contribution < 1.29 is 19.1 Å². The number of carbonyl (C=O) groups excluding carboxylic acids is 3. The van der Waals surface area contributed by atoms with Gasteiger partial charge >= 0.3 is 5.97 Å². The summed E-state index contributed by atoms with van der Waals surface area (Å²) in [7, 11) is 1.28. The predicted octanol–water partition coefficient (Wildman–Crippen LogP) is 0.361. The molecule has 0 aromatic rings. The predicted molar refractivity (Wildman–Crippen MR) is 66.8 cm³/mol.